The van der Waals surface area contributed by atoms with Gasteiger partial charge in [-0.1, -0.05) is 48.5 Å². The van der Waals surface area contributed by atoms with Gasteiger partial charge in [-0.3, -0.25) is 9.69 Å². The Morgan fingerprint density at radius 2 is 1.81 bits per heavy atom. The molecule has 1 unspecified atom stereocenters. The summed E-state index contributed by atoms with van der Waals surface area (Å²) in [5.41, 5.74) is 1.31. The molecule has 0 aromatic heterocycles. The second kappa shape index (κ2) is 9.39. The van der Waals surface area contributed by atoms with E-state index >= 15 is 0 Å². The number of carbonyl (C=O) groups excluding carboxylic acids is 1. The van der Waals surface area contributed by atoms with Crippen LogP contribution in [0, 0.1) is 0 Å². The Balaban J connectivity index is 1.45. The van der Waals surface area contributed by atoms with Gasteiger partial charge in [0.15, 0.2) is 0 Å². The molecule has 1 aliphatic heterocycles. The van der Waals surface area contributed by atoms with Crippen LogP contribution in [0.3, 0.4) is 0 Å². The van der Waals surface area contributed by atoms with E-state index in [1.54, 1.807) is 0 Å². The number of piperidine rings is 1. The van der Waals surface area contributed by atoms with E-state index in [2.05, 4.69) is 36.2 Å². The first kappa shape index (κ1) is 18.5. The zero-order valence-corrected chi connectivity index (χ0v) is 15.5. The highest BCUT2D eigenvalue weighted by atomic mass is 16.5. The third-order valence-electron chi connectivity index (χ3n) is 4.98. The van der Waals surface area contributed by atoms with E-state index in [0.717, 1.165) is 38.2 Å². The Kier molecular flexibility index (Phi) is 6.67. The Bertz CT molecular complexity index is 675. The summed E-state index contributed by atoms with van der Waals surface area (Å²) in [7, 11) is 2.16. The third kappa shape index (κ3) is 5.33. The van der Waals surface area contributed by atoms with Gasteiger partial charge >= 0.3 is 0 Å². The quantitative estimate of drug-likeness (QED) is 0.764. The number of amides is 1. The van der Waals surface area contributed by atoms with Crippen molar-refractivity contribution in [2.75, 3.05) is 26.7 Å². The van der Waals surface area contributed by atoms with Gasteiger partial charge in [0.1, 0.15) is 5.75 Å². The van der Waals surface area contributed by atoms with Gasteiger partial charge in [-0.25, -0.2) is 0 Å². The van der Waals surface area contributed by atoms with Gasteiger partial charge in [0.05, 0.1) is 13.0 Å². The molecular weight excluding hydrogens is 324 g/mol. The zero-order chi connectivity index (χ0) is 18.2. The molecule has 26 heavy (non-hydrogen) atoms. The van der Waals surface area contributed by atoms with Crippen LogP contribution in [0.1, 0.15) is 24.8 Å². The van der Waals surface area contributed by atoms with Crippen molar-refractivity contribution < 1.29 is 9.53 Å². The summed E-state index contributed by atoms with van der Waals surface area (Å²) in [6.45, 7) is 3.03. The van der Waals surface area contributed by atoms with E-state index in [0.29, 0.717) is 19.1 Å². The van der Waals surface area contributed by atoms with Crippen LogP contribution in [-0.2, 0) is 11.3 Å². The SMILES string of the molecule is CN(Cc1ccccc1)C1CCCN(C(=O)CCOc2ccccc2)C1. The van der Waals surface area contributed by atoms with E-state index < -0.39 is 0 Å². The maximum Gasteiger partial charge on any atom is 0.226 e. The molecule has 1 amide bonds. The molecule has 1 atom stereocenters. The molecule has 2 aromatic rings. The Hall–Kier alpha value is -2.33. The molecule has 1 aliphatic rings. The van der Waals surface area contributed by atoms with Gasteiger partial charge in [-0.2, -0.15) is 0 Å². The fourth-order valence-electron chi connectivity index (χ4n) is 3.47. The van der Waals surface area contributed by atoms with E-state index in [4.69, 9.17) is 4.74 Å². The smallest absolute Gasteiger partial charge is 0.226 e. The van der Waals surface area contributed by atoms with Crippen LogP contribution in [-0.4, -0.2) is 48.5 Å². The van der Waals surface area contributed by atoms with Crippen LogP contribution in [0.5, 0.6) is 5.75 Å². The third-order valence-corrected chi connectivity index (χ3v) is 4.98. The molecule has 1 saturated heterocycles. The number of rotatable bonds is 7. The highest BCUT2D eigenvalue weighted by molar-refractivity contribution is 5.76. The number of ether oxygens (including phenoxy) is 1. The van der Waals surface area contributed by atoms with E-state index in [1.165, 1.54) is 5.56 Å². The molecule has 1 fully saturated rings. The fourth-order valence-corrected chi connectivity index (χ4v) is 3.47. The molecule has 2 aromatic carbocycles. The van der Waals surface area contributed by atoms with Gasteiger partial charge in [0, 0.05) is 25.7 Å². The van der Waals surface area contributed by atoms with Crippen molar-refractivity contribution >= 4 is 5.91 Å². The molecule has 4 nitrogen and oxygen atoms in total. The molecule has 3 rings (SSSR count). The number of likely N-dealkylation sites (tertiary alicyclic amines) is 1. The van der Waals surface area contributed by atoms with Crippen molar-refractivity contribution in [3.8, 4) is 5.75 Å². The Labute approximate surface area is 156 Å². The summed E-state index contributed by atoms with van der Waals surface area (Å²) in [5, 5.41) is 0. The fraction of sp³-hybridized carbons (Fsp3) is 0.409. The van der Waals surface area contributed by atoms with Gasteiger partial charge in [-0.15, -0.1) is 0 Å². The van der Waals surface area contributed by atoms with E-state index in [-0.39, 0.29) is 5.91 Å². The Morgan fingerprint density at radius 1 is 1.12 bits per heavy atom. The summed E-state index contributed by atoms with van der Waals surface area (Å²) in [5.74, 6) is 1.01. The highest BCUT2D eigenvalue weighted by Crippen LogP contribution is 2.18. The molecular formula is C22H28N2O2. The minimum absolute atomic E-state index is 0.193. The van der Waals surface area contributed by atoms with Crippen molar-refractivity contribution in [3.63, 3.8) is 0 Å². The van der Waals surface area contributed by atoms with Crippen LogP contribution in [0.25, 0.3) is 0 Å². The number of hydrogen-bond donors (Lipinski definition) is 0. The largest absolute Gasteiger partial charge is 0.493 e. The minimum Gasteiger partial charge on any atom is -0.493 e. The molecule has 0 aliphatic carbocycles. The van der Waals surface area contributed by atoms with Crippen LogP contribution >= 0.6 is 0 Å². The lowest BCUT2D eigenvalue weighted by atomic mass is 10.0. The van der Waals surface area contributed by atoms with E-state index in [1.807, 2.05) is 41.3 Å². The molecule has 1 heterocycles. The van der Waals surface area contributed by atoms with Crippen molar-refractivity contribution in [2.24, 2.45) is 0 Å². The van der Waals surface area contributed by atoms with Crippen molar-refractivity contribution in [1.82, 2.24) is 9.80 Å². The maximum atomic E-state index is 12.5. The second-order valence-electron chi connectivity index (χ2n) is 6.95. The van der Waals surface area contributed by atoms with Crippen molar-refractivity contribution in [2.45, 2.75) is 31.8 Å². The first-order valence-electron chi connectivity index (χ1n) is 9.42. The van der Waals surface area contributed by atoms with Gasteiger partial charge in [0.25, 0.3) is 0 Å². The summed E-state index contributed by atoms with van der Waals surface area (Å²) >= 11 is 0. The summed E-state index contributed by atoms with van der Waals surface area (Å²) in [6.07, 6.45) is 2.65. The maximum absolute atomic E-state index is 12.5. The predicted octanol–water partition coefficient (Wildman–Crippen LogP) is 3.58. The Morgan fingerprint density at radius 3 is 2.54 bits per heavy atom. The number of para-hydroxylation sites is 1. The first-order chi connectivity index (χ1) is 12.7. The van der Waals surface area contributed by atoms with Crippen LogP contribution in [0.4, 0.5) is 0 Å². The standard InChI is InChI=1S/C22H28N2O2/c1-23(17-19-9-4-2-5-10-19)20-11-8-15-24(18-20)22(25)14-16-26-21-12-6-3-7-13-21/h2-7,9-10,12-13,20H,8,11,14-18H2,1H3. The van der Waals surface area contributed by atoms with Crippen LogP contribution in [0.2, 0.25) is 0 Å². The van der Waals surface area contributed by atoms with Crippen LogP contribution in [0.15, 0.2) is 60.7 Å². The van der Waals surface area contributed by atoms with Gasteiger partial charge in [0.2, 0.25) is 5.91 Å². The second-order valence-corrected chi connectivity index (χ2v) is 6.95. The van der Waals surface area contributed by atoms with Gasteiger partial charge in [-0.05, 0) is 37.6 Å². The zero-order valence-electron chi connectivity index (χ0n) is 15.5. The highest BCUT2D eigenvalue weighted by Gasteiger charge is 2.26. The summed E-state index contributed by atoms with van der Waals surface area (Å²) in [6, 6.07) is 20.6. The summed E-state index contributed by atoms with van der Waals surface area (Å²) in [4.78, 5) is 16.9. The normalized spacial score (nSPS) is 17.3. The first-order valence-corrected chi connectivity index (χ1v) is 9.42. The van der Waals surface area contributed by atoms with Gasteiger partial charge < -0.3 is 9.64 Å². The molecule has 0 spiro atoms. The number of hydrogen-bond acceptors (Lipinski definition) is 3. The lowest BCUT2D eigenvalue weighted by Crippen LogP contribution is -2.48. The molecule has 4 heteroatoms. The molecule has 0 bridgehead atoms. The molecule has 138 valence electrons. The summed E-state index contributed by atoms with van der Waals surface area (Å²) < 4.78 is 5.66. The van der Waals surface area contributed by atoms with Crippen molar-refractivity contribution in [3.05, 3.63) is 66.2 Å². The van der Waals surface area contributed by atoms with Crippen LogP contribution < -0.4 is 4.74 Å². The topological polar surface area (TPSA) is 32.8 Å². The number of benzene rings is 2. The average Bonchev–Trinajstić information content (AvgIpc) is 2.69. The number of nitrogens with zero attached hydrogens (tertiary/aromatic N) is 2. The number of likely N-dealkylation sites (N-methyl/N-ethyl adjacent to an activating group) is 1. The minimum atomic E-state index is 0.193. The lowest BCUT2D eigenvalue weighted by Gasteiger charge is -2.37. The average molecular weight is 352 g/mol. The monoisotopic (exact) mass is 352 g/mol. The van der Waals surface area contributed by atoms with E-state index in [9.17, 15) is 4.79 Å². The molecule has 0 radical (unpaired) electrons. The molecule has 0 saturated carbocycles. The van der Waals surface area contributed by atoms with Crippen molar-refractivity contribution in [1.29, 1.82) is 0 Å². The lowest BCUT2D eigenvalue weighted by molar-refractivity contribution is -0.133. The number of carbonyl (C=O) groups is 1. The molecule has 0 N–H and O–H groups in total. The predicted molar refractivity (Wildman–Crippen MR) is 104 cm³/mol.